The average molecular weight is 309 g/mol. The highest BCUT2D eigenvalue weighted by Gasteiger charge is 2.12. The fraction of sp³-hybridized carbons (Fsp3) is 0.0833. The maximum Gasteiger partial charge on any atom is 0.137 e. The van der Waals surface area contributed by atoms with Gasteiger partial charge in [0.05, 0.1) is 20.5 Å². The zero-order valence-corrected chi connectivity index (χ0v) is 12.3. The SMILES string of the molecule is Cc1ncc(-c2nc(-c3ccc(Cl)s3)cs2)c(N)n1. The van der Waals surface area contributed by atoms with Gasteiger partial charge in [-0.05, 0) is 19.1 Å². The van der Waals surface area contributed by atoms with Gasteiger partial charge in [0, 0.05) is 11.6 Å². The highest BCUT2D eigenvalue weighted by atomic mass is 35.5. The predicted molar refractivity (Wildman–Crippen MR) is 80.6 cm³/mol. The minimum absolute atomic E-state index is 0.456. The second-order valence-corrected chi connectivity index (χ2v) is 6.43. The van der Waals surface area contributed by atoms with E-state index in [1.165, 1.54) is 22.7 Å². The Morgan fingerprint density at radius 2 is 2.11 bits per heavy atom. The first-order valence-electron chi connectivity index (χ1n) is 5.44. The molecule has 0 unspecified atom stereocenters. The number of anilines is 1. The van der Waals surface area contributed by atoms with Gasteiger partial charge in [0.2, 0.25) is 0 Å². The van der Waals surface area contributed by atoms with E-state index >= 15 is 0 Å². The van der Waals surface area contributed by atoms with Crippen molar-refractivity contribution in [1.29, 1.82) is 0 Å². The van der Waals surface area contributed by atoms with Crippen LogP contribution < -0.4 is 5.73 Å². The first kappa shape index (κ1) is 12.5. The summed E-state index contributed by atoms with van der Waals surface area (Å²) < 4.78 is 0.753. The molecule has 0 atom stereocenters. The minimum Gasteiger partial charge on any atom is -0.383 e. The molecule has 19 heavy (non-hydrogen) atoms. The van der Waals surface area contributed by atoms with E-state index in [2.05, 4.69) is 15.0 Å². The molecule has 0 amide bonds. The fourth-order valence-corrected chi connectivity index (χ4v) is 3.53. The van der Waals surface area contributed by atoms with Crippen molar-refractivity contribution in [2.45, 2.75) is 6.92 Å². The van der Waals surface area contributed by atoms with Crippen LogP contribution in [0.3, 0.4) is 0 Å². The summed E-state index contributed by atoms with van der Waals surface area (Å²) in [4.78, 5) is 13.9. The van der Waals surface area contributed by atoms with Crippen LogP contribution in [0.4, 0.5) is 5.82 Å². The van der Waals surface area contributed by atoms with Gasteiger partial charge in [0.1, 0.15) is 16.6 Å². The van der Waals surface area contributed by atoms with Crippen LogP contribution in [0.25, 0.3) is 21.1 Å². The summed E-state index contributed by atoms with van der Waals surface area (Å²) in [6.07, 6.45) is 1.71. The van der Waals surface area contributed by atoms with E-state index in [1.54, 1.807) is 13.1 Å². The second kappa shape index (κ2) is 4.88. The Bertz CT molecular complexity index is 735. The van der Waals surface area contributed by atoms with Crippen molar-refractivity contribution in [3.63, 3.8) is 0 Å². The summed E-state index contributed by atoms with van der Waals surface area (Å²) in [7, 11) is 0. The van der Waals surface area contributed by atoms with E-state index in [4.69, 9.17) is 17.3 Å². The lowest BCUT2D eigenvalue weighted by atomic mass is 10.3. The molecule has 0 radical (unpaired) electrons. The van der Waals surface area contributed by atoms with E-state index in [-0.39, 0.29) is 0 Å². The van der Waals surface area contributed by atoms with Crippen molar-refractivity contribution in [3.8, 4) is 21.1 Å². The molecular weight excluding hydrogens is 300 g/mol. The van der Waals surface area contributed by atoms with Crippen molar-refractivity contribution in [2.24, 2.45) is 0 Å². The molecule has 0 aliphatic carbocycles. The van der Waals surface area contributed by atoms with Crippen LogP contribution in [-0.4, -0.2) is 15.0 Å². The maximum absolute atomic E-state index is 5.93. The summed E-state index contributed by atoms with van der Waals surface area (Å²) in [5, 5.41) is 2.80. The molecule has 0 aliphatic rings. The van der Waals surface area contributed by atoms with E-state index in [0.29, 0.717) is 11.6 Å². The normalized spacial score (nSPS) is 10.8. The molecule has 2 N–H and O–H groups in total. The number of hydrogen-bond acceptors (Lipinski definition) is 6. The van der Waals surface area contributed by atoms with Gasteiger partial charge in [0.15, 0.2) is 0 Å². The standard InChI is InChI=1S/C12H9ClN4S2/c1-6-15-4-7(11(14)16-6)12-17-8(5-18-12)9-2-3-10(13)19-9/h2-5H,1H3,(H2,14,15,16). The molecule has 7 heteroatoms. The predicted octanol–water partition coefficient (Wildman–Crippen LogP) is 3.87. The van der Waals surface area contributed by atoms with Gasteiger partial charge >= 0.3 is 0 Å². The zero-order valence-electron chi connectivity index (χ0n) is 9.92. The Hall–Kier alpha value is -1.50. The lowest BCUT2D eigenvalue weighted by molar-refractivity contribution is 1.06. The molecule has 0 aliphatic heterocycles. The molecule has 3 aromatic heterocycles. The number of nitrogens with two attached hydrogens (primary N) is 1. The molecule has 0 spiro atoms. The first-order chi connectivity index (χ1) is 9.13. The number of nitrogens with zero attached hydrogens (tertiary/aromatic N) is 3. The summed E-state index contributed by atoms with van der Waals surface area (Å²) in [6.45, 7) is 1.81. The van der Waals surface area contributed by atoms with Crippen LogP contribution in [0, 0.1) is 6.92 Å². The number of nitrogen functional groups attached to an aromatic ring is 1. The van der Waals surface area contributed by atoms with Gasteiger partial charge in [-0.1, -0.05) is 11.6 Å². The number of thiophene rings is 1. The molecule has 3 aromatic rings. The Labute approximate surface area is 122 Å². The average Bonchev–Trinajstić information content (AvgIpc) is 2.97. The van der Waals surface area contributed by atoms with Gasteiger partial charge in [-0.3, -0.25) is 0 Å². The van der Waals surface area contributed by atoms with E-state index in [9.17, 15) is 0 Å². The monoisotopic (exact) mass is 308 g/mol. The third kappa shape index (κ3) is 2.47. The third-order valence-electron chi connectivity index (χ3n) is 2.50. The second-order valence-electron chi connectivity index (χ2n) is 3.86. The fourth-order valence-electron chi connectivity index (χ4n) is 1.61. The van der Waals surface area contributed by atoms with Gasteiger partial charge < -0.3 is 5.73 Å². The first-order valence-corrected chi connectivity index (χ1v) is 7.51. The molecular formula is C12H9ClN4S2. The van der Waals surface area contributed by atoms with Crippen LogP contribution in [0.5, 0.6) is 0 Å². The number of halogens is 1. The quantitative estimate of drug-likeness (QED) is 0.780. The number of rotatable bonds is 2. The Morgan fingerprint density at radius 1 is 1.26 bits per heavy atom. The number of thiazole rings is 1. The molecule has 3 heterocycles. The van der Waals surface area contributed by atoms with Crippen LogP contribution in [-0.2, 0) is 0 Å². The Morgan fingerprint density at radius 3 is 2.79 bits per heavy atom. The molecule has 4 nitrogen and oxygen atoms in total. The molecule has 0 saturated carbocycles. The summed E-state index contributed by atoms with van der Waals surface area (Å²) in [6, 6.07) is 3.82. The maximum atomic E-state index is 5.93. The lowest BCUT2D eigenvalue weighted by Gasteiger charge is -2.00. The van der Waals surface area contributed by atoms with Crippen LogP contribution >= 0.6 is 34.3 Å². The molecule has 96 valence electrons. The van der Waals surface area contributed by atoms with Crippen LogP contribution in [0.2, 0.25) is 4.34 Å². The van der Waals surface area contributed by atoms with E-state index in [0.717, 1.165) is 25.5 Å². The van der Waals surface area contributed by atoms with Gasteiger partial charge in [-0.2, -0.15) is 0 Å². The Balaban J connectivity index is 2.01. The summed E-state index contributed by atoms with van der Waals surface area (Å²) >= 11 is 8.95. The lowest BCUT2D eigenvalue weighted by Crippen LogP contribution is -1.97. The highest BCUT2D eigenvalue weighted by molar-refractivity contribution is 7.20. The zero-order chi connectivity index (χ0) is 13.4. The number of aromatic nitrogens is 3. The molecule has 0 saturated heterocycles. The molecule has 0 fully saturated rings. The summed E-state index contributed by atoms with van der Waals surface area (Å²) in [5.74, 6) is 1.11. The summed E-state index contributed by atoms with van der Waals surface area (Å²) in [5.41, 5.74) is 7.57. The third-order valence-corrected chi connectivity index (χ3v) is 4.63. The van der Waals surface area contributed by atoms with Gasteiger partial charge in [-0.25, -0.2) is 15.0 Å². The van der Waals surface area contributed by atoms with Crippen molar-refractivity contribution >= 4 is 40.1 Å². The number of aryl methyl sites for hydroxylation is 1. The van der Waals surface area contributed by atoms with Crippen molar-refractivity contribution in [1.82, 2.24) is 15.0 Å². The van der Waals surface area contributed by atoms with E-state index in [1.807, 2.05) is 17.5 Å². The topological polar surface area (TPSA) is 64.7 Å². The van der Waals surface area contributed by atoms with Crippen LogP contribution in [0.15, 0.2) is 23.7 Å². The highest BCUT2D eigenvalue weighted by Crippen LogP contribution is 2.35. The van der Waals surface area contributed by atoms with Crippen molar-refractivity contribution < 1.29 is 0 Å². The minimum atomic E-state index is 0.456. The molecule has 3 rings (SSSR count). The van der Waals surface area contributed by atoms with E-state index < -0.39 is 0 Å². The van der Waals surface area contributed by atoms with Crippen molar-refractivity contribution in [3.05, 3.63) is 33.9 Å². The van der Waals surface area contributed by atoms with Gasteiger partial charge in [0.25, 0.3) is 0 Å². The molecule has 0 aromatic carbocycles. The molecule has 0 bridgehead atoms. The van der Waals surface area contributed by atoms with Crippen molar-refractivity contribution in [2.75, 3.05) is 5.73 Å². The largest absolute Gasteiger partial charge is 0.383 e. The van der Waals surface area contributed by atoms with Crippen LogP contribution in [0.1, 0.15) is 5.82 Å². The van der Waals surface area contributed by atoms with Gasteiger partial charge in [-0.15, -0.1) is 22.7 Å². The smallest absolute Gasteiger partial charge is 0.137 e. The number of hydrogen-bond donors (Lipinski definition) is 1. The Kier molecular flexibility index (Phi) is 3.22.